The van der Waals surface area contributed by atoms with Crippen LogP contribution in [0.4, 0.5) is 0 Å². The predicted octanol–water partition coefficient (Wildman–Crippen LogP) is 4.63. The minimum Gasteiger partial charge on any atom is -0.507 e. The van der Waals surface area contributed by atoms with E-state index < -0.39 is 0 Å². The lowest BCUT2D eigenvalue weighted by atomic mass is 10.2. The van der Waals surface area contributed by atoms with E-state index >= 15 is 0 Å². The van der Waals surface area contributed by atoms with E-state index in [1.807, 2.05) is 31.3 Å². The lowest BCUT2D eigenvalue weighted by molar-refractivity contribution is 0.481. The van der Waals surface area contributed by atoms with Crippen molar-refractivity contribution in [2.24, 2.45) is 0 Å². The molecule has 1 atom stereocenters. The monoisotopic (exact) mass is 414 g/mol. The first-order chi connectivity index (χ1) is 7.63. The lowest BCUT2D eigenvalue weighted by Crippen LogP contribution is -1.82. The molecule has 0 aliphatic carbocycles. The normalized spacial score (nSPS) is 10.8. The standard InChI is InChI=1S/C8H7BrIN2OP.C2H6/c1-4-8-6(12(11-4)14-10)2-5(9)3-7(8)13;1-2/h2-3,13-14H,1H3;1-2H3. The van der Waals surface area contributed by atoms with E-state index in [1.54, 1.807) is 6.07 Å². The van der Waals surface area contributed by atoms with Gasteiger partial charge in [-0.1, -0.05) is 29.8 Å². The quantitative estimate of drug-likeness (QED) is 0.545. The molecule has 1 heterocycles. The highest BCUT2D eigenvalue weighted by Gasteiger charge is 2.11. The minimum atomic E-state index is 0.285. The summed E-state index contributed by atoms with van der Waals surface area (Å²) < 4.78 is 2.77. The molecule has 0 fully saturated rings. The van der Waals surface area contributed by atoms with Crippen molar-refractivity contribution < 1.29 is 5.11 Å². The third kappa shape index (κ3) is 2.68. The molecule has 0 aliphatic heterocycles. The molecule has 0 radical (unpaired) electrons. The smallest absolute Gasteiger partial charge is 0.128 e. The molecule has 0 bridgehead atoms. The van der Waals surface area contributed by atoms with E-state index in [2.05, 4.69) is 43.1 Å². The van der Waals surface area contributed by atoms with Crippen LogP contribution in [0, 0.1) is 6.92 Å². The molecule has 1 aromatic carbocycles. The summed E-state index contributed by atoms with van der Waals surface area (Å²) in [6, 6.07) is 3.67. The average molecular weight is 415 g/mol. The van der Waals surface area contributed by atoms with E-state index in [4.69, 9.17) is 0 Å². The van der Waals surface area contributed by atoms with Gasteiger partial charge in [0.1, 0.15) is 5.75 Å². The molecular weight excluding hydrogens is 402 g/mol. The van der Waals surface area contributed by atoms with Crippen LogP contribution in [0.5, 0.6) is 5.75 Å². The van der Waals surface area contributed by atoms with Gasteiger partial charge in [-0.15, -0.1) is 0 Å². The summed E-state index contributed by atoms with van der Waals surface area (Å²) in [4.78, 5) is 0. The molecule has 2 aromatic rings. The number of phenolic OH excluding ortho intramolecular Hbond substituents is 1. The molecule has 0 amide bonds. The largest absolute Gasteiger partial charge is 0.507 e. The summed E-state index contributed by atoms with van der Waals surface area (Å²) in [5.74, 6) is 0.285. The molecule has 1 N–H and O–H groups in total. The number of hydrogen-bond acceptors (Lipinski definition) is 2. The first kappa shape index (κ1) is 14.2. The van der Waals surface area contributed by atoms with Crippen molar-refractivity contribution in [3.05, 3.63) is 22.3 Å². The molecule has 1 aromatic heterocycles. The van der Waals surface area contributed by atoms with Crippen LogP contribution in [0.2, 0.25) is 0 Å². The Labute approximate surface area is 118 Å². The topological polar surface area (TPSA) is 38.0 Å². The number of phenols is 1. The highest BCUT2D eigenvalue weighted by Crippen LogP contribution is 2.36. The third-order valence-corrected chi connectivity index (χ3v) is 4.31. The number of benzene rings is 1. The van der Waals surface area contributed by atoms with Gasteiger partial charge in [0.25, 0.3) is 0 Å². The Morgan fingerprint density at radius 2 is 2.06 bits per heavy atom. The maximum Gasteiger partial charge on any atom is 0.128 e. The van der Waals surface area contributed by atoms with Crippen LogP contribution in [0.1, 0.15) is 19.5 Å². The molecule has 0 saturated carbocycles. The van der Waals surface area contributed by atoms with Gasteiger partial charge in [0.05, 0.1) is 23.0 Å². The van der Waals surface area contributed by atoms with Gasteiger partial charge in [-0.2, -0.15) is 5.10 Å². The SMILES string of the molecule is CC.Cc1nn(PI)c2cc(Br)cc(O)c12. The van der Waals surface area contributed by atoms with Crippen molar-refractivity contribution in [1.29, 1.82) is 0 Å². The van der Waals surface area contributed by atoms with Crippen LogP contribution >= 0.6 is 44.3 Å². The zero-order valence-corrected chi connectivity index (χ0v) is 14.0. The number of rotatable bonds is 1. The molecule has 0 aliphatic rings. The van der Waals surface area contributed by atoms with Crippen molar-refractivity contribution in [3.8, 4) is 5.75 Å². The van der Waals surface area contributed by atoms with Crippen molar-refractivity contribution in [1.82, 2.24) is 9.55 Å². The number of aromatic nitrogens is 2. The highest BCUT2D eigenvalue weighted by atomic mass is 127. The van der Waals surface area contributed by atoms with Crippen LogP contribution in [-0.4, -0.2) is 14.7 Å². The second-order valence-corrected chi connectivity index (χ2v) is 5.86. The van der Waals surface area contributed by atoms with E-state index in [0.29, 0.717) is 6.37 Å². The fourth-order valence-corrected chi connectivity index (χ4v) is 3.43. The number of fused-ring (bicyclic) bond motifs is 1. The molecule has 0 spiro atoms. The van der Waals surface area contributed by atoms with Crippen molar-refractivity contribution >= 4 is 55.2 Å². The molecule has 0 saturated heterocycles. The summed E-state index contributed by atoms with van der Waals surface area (Å²) in [7, 11) is 0. The summed E-state index contributed by atoms with van der Waals surface area (Å²) in [6.07, 6.45) is 0.541. The van der Waals surface area contributed by atoms with Gasteiger partial charge >= 0.3 is 0 Å². The van der Waals surface area contributed by atoms with Gasteiger partial charge in [0, 0.05) is 4.47 Å². The zero-order chi connectivity index (χ0) is 12.3. The number of aryl methyl sites for hydroxylation is 1. The van der Waals surface area contributed by atoms with E-state index in [9.17, 15) is 5.11 Å². The molecule has 2 rings (SSSR count). The lowest BCUT2D eigenvalue weighted by Gasteiger charge is -1.99. The molecular formula is C10H13BrIN2OP. The fraction of sp³-hybridized carbons (Fsp3) is 0.300. The molecule has 6 heteroatoms. The second-order valence-electron chi connectivity index (χ2n) is 2.90. The van der Waals surface area contributed by atoms with Crippen molar-refractivity contribution in [2.75, 3.05) is 0 Å². The Kier molecular flexibility index (Phi) is 5.47. The van der Waals surface area contributed by atoms with Crippen molar-refractivity contribution in [2.45, 2.75) is 20.8 Å². The molecule has 1 unspecified atom stereocenters. The Balaban J connectivity index is 0.000000606. The maximum atomic E-state index is 9.76. The van der Waals surface area contributed by atoms with Gasteiger partial charge in [0.2, 0.25) is 0 Å². The van der Waals surface area contributed by atoms with Gasteiger partial charge in [0.15, 0.2) is 0 Å². The van der Waals surface area contributed by atoms with Crippen LogP contribution < -0.4 is 0 Å². The summed E-state index contributed by atoms with van der Waals surface area (Å²) >= 11 is 5.62. The Morgan fingerprint density at radius 3 is 2.62 bits per heavy atom. The number of aromatic hydroxyl groups is 1. The number of halogens is 2. The molecule has 16 heavy (non-hydrogen) atoms. The predicted molar refractivity (Wildman–Crippen MR) is 82.9 cm³/mol. The third-order valence-electron chi connectivity index (χ3n) is 1.98. The summed E-state index contributed by atoms with van der Waals surface area (Å²) in [6.45, 7) is 5.91. The Morgan fingerprint density at radius 1 is 1.44 bits per heavy atom. The van der Waals surface area contributed by atoms with Crippen LogP contribution in [0.15, 0.2) is 16.6 Å². The fourth-order valence-electron chi connectivity index (χ4n) is 1.43. The first-order valence-electron chi connectivity index (χ1n) is 4.88. The maximum absolute atomic E-state index is 9.76. The van der Waals surface area contributed by atoms with Crippen molar-refractivity contribution in [3.63, 3.8) is 0 Å². The number of nitrogens with zero attached hydrogens (tertiary/aromatic N) is 2. The summed E-state index contributed by atoms with van der Waals surface area (Å²) in [5.41, 5.74) is 1.84. The van der Waals surface area contributed by atoms with Gasteiger partial charge in [-0.3, -0.25) is 0 Å². The van der Waals surface area contributed by atoms with E-state index in [0.717, 1.165) is 21.1 Å². The first-order valence-corrected chi connectivity index (χ1v) is 9.73. The van der Waals surface area contributed by atoms with E-state index in [-0.39, 0.29) is 5.75 Å². The Hall–Kier alpha value is 0.130. The van der Waals surface area contributed by atoms with E-state index in [1.165, 1.54) is 0 Å². The average Bonchev–Trinajstić information content (AvgIpc) is 2.58. The molecule has 88 valence electrons. The van der Waals surface area contributed by atoms with Crippen LogP contribution in [0.25, 0.3) is 10.9 Å². The zero-order valence-electron chi connectivity index (χ0n) is 9.25. The van der Waals surface area contributed by atoms with Gasteiger partial charge in [-0.25, -0.2) is 4.45 Å². The van der Waals surface area contributed by atoms with Crippen LogP contribution in [0.3, 0.4) is 0 Å². The van der Waals surface area contributed by atoms with Gasteiger partial charge in [-0.05, 0) is 41.1 Å². The molecule has 3 nitrogen and oxygen atoms in total. The van der Waals surface area contributed by atoms with Crippen LogP contribution in [-0.2, 0) is 0 Å². The highest BCUT2D eigenvalue weighted by molar-refractivity contribution is 14.2. The summed E-state index contributed by atoms with van der Waals surface area (Å²) in [5, 5.41) is 15.0. The second kappa shape index (κ2) is 6.17. The van der Waals surface area contributed by atoms with Gasteiger partial charge < -0.3 is 5.11 Å². The Bertz CT molecular complexity index is 501. The minimum absolute atomic E-state index is 0.285. The number of hydrogen-bond donors (Lipinski definition) is 1.